The van der Waals surface area contributed by atoms with Gasteiger partial charge in [0.1, 0.15) is 0 Å². The third kappa shape index (κ3) is 3.82. The Balaban J connectivity index is 1.81. The highest BCUT2D eigenvalue weighted by molar-refractivity contribution is 5.78. The molecule has 0 unspecified atom stereocenters. The molecule has 1 amide bonds. The van der Waals surface area contributed by atoms with Gasteiger partial charge >= 0.3 is 0 Å². The summed E-state index contributed by atoms with van der Waals surface area (Å²) in [5.74, 6) is 0.291. The van der Waals surface area contributed by atoms with Crippen LogP contribution in [0.2, 0.25) is 0 Å². The largest absolute Gasteiger partial charge is 0.337 e. The predicted molar refractivity (Wildman–Crippen MR) is 68.9 cm³/mol. The van der Waals surface area contributed by atoms with E-state index < -0.39 is 0 Å². The molecular weight excluding hydrogens is 214 g/mol. The first-order valence-corrected chi connectivity index (χ1v) is 6.62. The highest BCUT2D eigenvalue weighted by Gasteiger charge is 2.19. The van der Waals surface area contributed by atoms with E-state index in [9.17, 15) is 4.79 Å². The van der Waals surface area contributed by atoms with Gasteiger partial charge in [-0.2, -0.15) is 0 Å². The Morgan fingerprint density at radius 2 is 2.24 bits per heavy atom. The van der Waals surface area contributed by atoms with Gasteiger partial charge in [-0.25, -0.2) is 0 Å². The molecule has 17 heavy (non-hydrogen) atoms. The number of amides is 1. The zero-order valence-corrected chi connectivity index (χ0v) is 10.7. The molecule has 0 aromatic carbocycles. The number of carbonyl (C=O) groups is 1. The Morgan fingerprint density at radius 1 is 1.35 bits per heavy atom. The lowest BCUT2D eigenvalue weighted by molar-refractivity contribution is -0.132. The summed E-state index contributed by atoms with van der Waals surface area (Å²) in [6.07, 6.45) is 4.39. The molecule has 0 saturated carbocycles. The molecule has 0 aromatic rings. The van der Waals surface area contributed by atoms with Crippen molar-refractivity contribution >= 4 is 5.91 Å². The van der Waals surface area contributed by atoms with Gasteiger partial charge in [-0.05, 0) is 32.9 Å². The minimum absolute atomic E-state index is 0.291. The van der Waals surface area contributed by atoms with Crippen LogP contribution in [0, 0.1) is 0 Å². The number of carbonyl (C=O) groups excluding carboxylic acids is 1. The van der Waals surface area contributed by atoms with Crippen molar-refractivity contribution in [3.8, 4) is 0 Å². The number of hydrogen-bond acceptors (Lipinski definition) is 3. The fourth-order valence-electron chi connectivity index (χ4n) is 2.48. The van der Waals surface area contributed by atoms with Crippen LogP contribution in [0.1, 0.15) is 19.8 Å². The molecule has 0 aromatic heterocycles. The molecule has 2 aliphatic heterocycles. The van der Waals surface area contributed by atoms with Gasteiger partial charge in [-0.1, -0.05) is 11.6 Å². The van der Waals surface area contributed by atoms with Gasteiger partial charge in [0, 0.05) is 26.2 Å². The Bertz CT molecular complexity index is 293. The Hall–Kier alpha value is -0.870. The van der Waals surface area contributed by atoms with E-state index in [1.807, 2.05) is 4.90 Å². The fourth-order valence-corrected chi connectivity index (χ4v) is 2.48. The van der Waals surface area contributed by atoms with Crippen LogP contribution in [0.25, 0.3) is 0 Å². The molecule has 4 heteroatoms. The smallest absolute Gasteiger partial charge is 0.237 e. The van der Waals surface area contributed by atoms with Crippen molar-refractivity contribution in [2.24, 2.45) is 0 Å². The number of nitrogens with zero attached hydrogens (tertiary/aromatic N) is 2. The molecule has 1 fully saturated rings. The molecule has 96 valence electrons. The van der Waals surface area contributed by atoms with Crippen molar-refractivity contribution in [3.63, 3.8) is 0 Å². The van der Waals surface area contributed by atoms with Crippen molar-refractivity contribution in [3.05, 3.63) is 11.6 Å². The second kappa shape index (κ2) is 6.17. The quantitative estimate of drug-likeness (QED) is 0.709. The fraction of sp³-hybridized carbons (Fsp3) is 0.769. The van der Waals surface area contributed by atoms with Crippen molar-refractivity contribution in [2.75, 3.05) is 45.8 Å². The molecule has 0 aliphatic carbocycles. The van der Waals surface area contributed by atoms with Crippen LogP contribution < -0.4 is 5.32 Å². The molecule has 2 aliphatic rings. The molecule has 2 heterocycles. The molecule has 0 bridgehead atoms. The minimum atomic E-state index is 0.291. The van der Waals surface area contributed by atoms with E-state index in [1.165, 1.54) is 5.57 Å². The Kier molecular flexibility index (Phi) is 4.57. The average Bonchev–Trinajstić information content (AvgIpc) is 2.57. The summed E-state index contributed by atoms with van der Waals surface area (Å²) in [5.41, 5.74) is 1.32. The maximum absolute atomic E-state index is 12.2. The second-order valence-electron chi connectivity index (χ2n) is 5.03. The van der Waals surface area contributed by atoms with E-state index >= 15 is 0 Å². The lowest BCUT2D eigenvalue weighted by atomic mass is 10.1. The van der Waals surface area contributed by atoms with E-state index in [2.05, 4.69) is 23.2 Å². The zero-order chi connectivity index (χ0) is 12.1. The molecule has 2 rings (SSSR count). The Labute approximate surface area is 104 Å². The van der Waals surface area contributed by atoms with Gasteiger partial charge in [-0.15, -0.1) is 0 Å². The van der Waals surface area contributed by atoms with Crippen LogP contribution >= 0.6 is 0 Å². The second-order valence-corrected chi connectivity index (χ2v) is 5.03. The van der Waals surface area contributed by atoms with E-state index in [-0.39, 0.29) is 0 Å². The van der Waals surface area contributed by atoms with Gasteiger partial charge in [0.25, 0.3) is 0 Å². The van der Waals surface area contributed by atoms with Gasteiger partial charge in [0.15, 0.2) is 0 Å². The highest BCUT2D eigenvalue weighted by Crippen LogP contribution is 2.09. The van der Waals surface area contributed by atoms with Gasteiger partial charge in [-0.3, -0.25) is 9.69 Å². The SMILES string of the molecule is CC1=CCCN(C(=O)CN2CCCNCC2)C1. The van der Waals surface area contributed by atoms with Crippen LogP contribution in [0.15, 0.2) is 11.6 Å². The normalized spacial score (nSPS) is 23.1. The van der Waals surface area contributed by atoms with Crippen molar-refractivity contribution in [1.82, 2.24) is 15.1 Å². The van der Waals surface area contributed by atoms with Crippen LogP contribution in [0.5, 0.6) is 0 Å². The highest BCUT2D eigenvalue weighted by atomic mass is 16.2. The molecule has 1 N–H and O–H groups in total. The van der Waals surface area contributed by atoms with Crippen LogP contribution in [-0.4, -0.2) is 61.5 Å². The lowest BCUT2D eigenvalue weighted by Gasteiger charge is -2.29. The zero-order valence-electron chi connectivity index (χ0n) is 10.7. The molecule has 1 saturated heterocycles. The summed E-state index contributed by atoms with van der Waals surface area (Å²) in [7, 11) is 0. The first-order valence-electron chi connectivity index (χ1n) is 6.62. The van der Waals surface area contributed by atoms with Crippen LogP contribution in [0.3, 0.4) is 0 Å². The van der Waals surface area contributed by atoms with E-state index in [0.717, 1.165) is 52.1 Å². The Morgan fingerprint density at radius 3 is 3.06 bits per heavy atom. The first-order chi connectivity index (χ1) is 8.25. The van der Waals surface area contributed by atoms with Gasteiger partial charge < -0.3 is 10.2 Å². The predicted octanol–water partition coefficient (Wildman–Crippen LogP) is 0.460. The summed E-state index contributed by atoms with van der Waals surface area (Å²) in [5, 5.41) is 3.36. The van der Waals surface area contributed by atoms with Gasteiger partial charge in [0.2, 0.25) is 5.91 Å². The van der Waals surface area contributed by atoms with E-state index in [0.29, 0.717) is 12.5 Å². The number of nitrogens with one attached hydrogen (secondary N) is 1. The standard InChI is InChI=1S/C13H23N3O/c1-12-4-2-8-16(10-12)13(17)11-15-7-3-5-14-6-9-15/h4,14H,2-3,5-11H2,1H3. The van der Waals surface area contributed by atoms with Crippen molar-refractivity contribution in [1.29, 1.82) is 0 Å². The average molecular weight is 237 g/mol. The van der Waals surface area contributed by atoms with E-state index in [4.69, 9.17) is 0 Å². The summed E-state index contributed by atoms with van der Waals surface area (Å²) in [4.78, 5) is 16.4. The molecule has 0 radical (unpaired) electrons. The summed E-state index contributed by atoms with van der Waals surface area (Å²) in [6, 6.07) is 0. The number of rotatable bonds is 2. The lowest BCUT2D eigenvalue weighted by Crippen LogP contribution is -2.43. The molecular formula is C13H23N3O. The third-order valence-corrected chi connectivity index (χ3v) is 3.48. The van der Waals surface area contributed by atoms with Crippen molar-refractivity contribution < 1.29 is 4.79 Å². The molecule has 0 atom stereocenters. The summed E-state index contributed by atoms with van der Waals surface area (Å²) >= 11 is 0. The van der Waals surface area contributed by atoms with E-state index in [1.54, 1.807) is 0 Å². The minimum Gasteiger partial charge on any atom is -0.337 e. The maximum atomic E-state index is 12.2. The number of hydrogen-bond donors (Lipinski definition) is 1. The molecule has 4 nitrogen and oxygen atoms in total. The van der Waals surface area contributed by atoms with Gasteiger partial charge in [0.05, 0.1) is 6.54 Å². The maximum Gasteiger partial charge on any atom is 0.237 e. The summed E-state index contributed by atoms with van der Waals surface area (Å²) in [6.45, 7) is 8.54. The van der Waals surface area contributed by atoms with Crippen LogP contribution in [0.4, 0.5) is 0 Å². The van der Waals surface area contributed by atoms with Crippen LogP contribution in [-0.2, 0) is 4.79 Å². The molecule has 0 spiro atoms. The first kappa shape index (κ1) is 12.6. The van der Waals surface area contributed by atoms with Crippen molar-refractivity contribution in [2.45, 2.75) is 19.8 Å². The summed E-state index contributed by atoms with van der Waals surface area (Å²) < 4.78 is 0. The topological polar surface area (TPSA) is 35.6 Å². The monoisotopic (exact) mass is 237 g/mol. The third-order valence-electron chi connectivity index (χ3n) is 3.48.